The van der Waals surface area contributed by atoms with Crippen LogP contribution < -0.4 is 5.73 Å². The van der Waals surface area contributed by atoms with Gasteiger partial charge in [0.1, 0.15) is 5.84 Å². The van der Waals surface area contributed by atoms with Crippen LogP contribution in [0.1, 0.15) is 15.9 Å². The lowest BCUT2D eigenvalue weighted by molar-refractivity contribution is -0.136. The molecule has 1 aromatic carbocycles. The molecule has 0 aliphatic carbocycles. The molecule has 0 unspecified atom stereocenters. The summed E-state index contributed by atoms with van der Waals surface area (Å²) in [6, 6.07) is 4.15. The van der Waals surface area contributed by atoms with Crippen molar-refractivity contribution in [3.63, 3.8) is 0 Å². The van der Waals surface area contributed by atoms with Crippen LogP contribution >= 0.6 is 11.6 Å². The van der Waals surface area contributed by atoms with E-state index < -0.39 is 11.9 Å². The fourth-order valence-electron chi connectivity index (χ4n) is 1.35. The lowest BCUT2D eigenvalue weighted by atomic mass is 10.0. The van der Waals surface area contributed by atoms with E-state index in [0.29, 0.717) is 5.69 Å². The van der Waals surface area contributed by atoms with E-state index in [4.69, 9.17) is 27.5 Å². The van der Waals surface area contributed by atoms with Gasteiger partial charge in [-0.25, -0.2) is 9.79 Å². The zero-order chi connectivity index (χ0) is 13.7. The molecule has 6 nitrogen and oxygen atoms in total. The monoisotopic (exact) mass is 270 g/mol. The smallest absolute Gasteiger partial charge is 0.336 e. The Morgan fingerprint density at radius 1 is 1.33 bits per heavy atom. The summed E-state index contributed by atoms with van der Waals surface area (Å²) in [5.41, 5.74) is 5.84. The Labute approximate surface area is 108 Å². The summed E-state index contributed by atoms with van der Waals surface area (Å²) < 4.78 is 0. The second-order valence-corrected chi connectivity index (χ2v) is 3.72. The minimum Gasteiger partial charge on any atom is -0.481 e. The highest BCUT2D eigenvalue weighted by molar-refractivity contribution is 6.28. The standard InChI is InChI=1S/C11H11ClN2O4/c12-5-9(13)14-7-2-1-6(3-10(15)16)8(4-7)11(17)18/h1-2,4H,3,5H2,(H2,13,14)(H,15,16)(H,17,18). The highest BCUT2D eigenvalue weighted by Crippen LogP contribution is 2.19. The van der Waals surface area contributed by atoms with Crippen molar-refractivity contribution in [2.24, 2.45) is 10.7 Å². The molecule has 0 fully saturated rings. The molecule has 0 spiro atoms. The number of rotatable bonds is 5. The highest BCUT2D eigenvalue weighted by Gasteiger charge is 2.13. The number of nitrogens with zero attached hydrogens (tertiary/aromatic N) is 1. The number of alkyl halides is 1. The first-order chi connectivity index (χ1) is 8.43. The van der Waals surface area contributed by atoms with Crippen molar-refractivity contribution in [1.82, 2.24) is 0 Å². The minimum atomic E-state index is -1.22. The van der Waals surface area contributed by atoms with Gasteiger partial charge < -0.3 is 15.9 Å². The lowest BCUT2D eigenvalue weighted by Crippen LogP contribution is -2.12. The molecule has 0 saturated heterocycles. The second-order valence-electron chi connectivity index (χ2n) is 3.45. The van der Waals surface area contributed by atoms with Gasteiger partial charge in [-0.1, -0.05) is 6.07 Å². The van der Waals surface area contributed by atoms with Crippen LogP contribution in [-0.4, -0.2) is 33.9 Å². The minimum absolute atomic E-state index is 0.0271. The maximum Gasteiger partial charge on any atom is 0.336 e. The maximum absolute atomic E-state index is 11.0. The average molecular weight is 271 g/mol. The van der Waals surface area contributed by atoms with Crippen molar-refractivity contribution in [2.45, 2.75) is 6.42 Å². The summed E-state index contributed by atoms with van der Waals surface area (Å²) in [5, 5.41) is 17.7. The zero-order valence-corrected chi connectivity index (χ0v) is 10.0. The molecule has 0 atom stereocenters. The van der Waals surface area contributed by atoms with Gasteiger partial charge in [0, 0.05) is 0 Å². The van der Waals surface area contributed by atoms with Crippen LogP contribution in [0.15, 0.2) is 23.2 Å². The Bertz CT molecular complexity index is 514. The van der Waals surface area contributed by atoms with Gasteiger partial charge in [-0.3, -0.25) is 4.79 Å². The van der Waals surface area contributed by atoms with Crippen molar-refractivity contribution in [1.29, 1.82) is 0 Å². The predicted octanol–water partition coefficient (Wildman–Crippen LogP) is 1.24. The molecule has 0 bridgehead atoms. The number of amidine groups is 1. The number of aromatic carboxylic acids is 1. The van der Waals surface area contributed by atoms with Crippen molar-refractivity contribution < 1.29 is 19.8 Å². The van der Waals surface area contributed by atoms with E-state index in [2.05, 4.69) is 4.99 Å². The third kappa shape index (κ3) is 3.74. The Balaban J connectivity index is 3.19. The molecule has 0 aliphatic rings. The third-order valence-corrected chi connectivity index (χ3v) is 2.35. The predicted molar refractivity (Wildman–Crippen MR) is 66.7 cm³/mol. The fourth-order valence-corrected chi connectivity index (χ4v) is 1.41. The van der Waals surface area contributed by atoms with E-state index in [9.17, 15) is 9.59 Å². The molecule has 96 valence electrons. The van der Waals surface area contributed by atoms with E-state index in [1.165, 1.54) is 18.2 Å². The van der Waals surface area contributed by atoms with Crippen LogP contribution in [0.5, 0.6) is 0 Å². The number of hydrogen-bond acceptors (Lipinski definition) is 3. The Morgan fingerprint density at radius 3 is 2.50 bits per heavy atom. The summed E-state index contributed by atoms with van der Waals surface area (Å²) in [6.45, 7) is 0. The average Bonchev–Trinajstić information content (AvgIpc) is 2.30. The molecule has 0 aromatic heterocycles. The van der Waals surface area contributed by atoms with Crippen LogP contribution in [0.4, 0.5) is 5.69 Å². The third-order valence-electron chi connectivity index (χ3n) is 2.08. The van der Waals surface area contributed by atoms with E-state index >= 15 is 0 Å². The van der Waals surface area contributed by atoms with Crippen molar-refractivity contribution in [3.8, 4) is 0 Å². The van der Waals surface area contributed by atoms with Gasteiger partial charge in [0.05, 0.1) is 23.6 Å². The van der Waals surface area contributed by atoms with Crippen molar-refractivity contribution >= 4 is 35.1 Å². The molecule has 0 amide bonds. The van der Waals surface area contributed by atoms with Crippen molar-refractivity contribution in [3.05, 3.63) is 29.3 Å². The Hall–Kier alpha value is -2.08. The number of carbonyl (C=O) groups is 2. The van der Waals surface area contributed by atoms with Gasteiger partial charge >= 0.3 is 11.9 Å². The molecule has 1 aromatic rings. The largest absolute Gasteiger partial charge is 0.481 e. The van der Waals surface area contributed by atoms with Crippen LogP contribution in [-0.2, 0) is 11.2 Å². The lowest BCUT2D eigenvalue weighted by Gasteiger charge is -2.05. The molecule has 7 heteroatoms. The quantitative estimate of drug-likeness (QED) is 0.423. The number of aliphatic imine (C=N–C) groups is 1. The van der Waals surface area contributed by atoms with Crippen LogP contribution in [0.3, 0.4) is 0 Å². The summed E-state index contributed by atoms with van der Waals surface area (Å²) in [4.78, 5) is 25.5. The topological polar surface area (TPSA) is 113 Å². The number of aliphatic carboxylic acids is 1. The van der Waals surface area contributed by atoms with Gasteiger partial charge in [0.2, 0.25) is 0 Å². The SMILES string of the molecule is NC(CCl)=Nc1ccc(CC(=O)O)c(C(=O)O)c1. The Kier molecular flexibility index (Phi) is 4.67. The van der Waals surface area contributed by atoms with E-state index in [0.717, 1.165) is 0 Å². The highest BCUT2D eigenvalue weighted by atomic mass is 35.5. The number of carboxylic acids is 2. The fraction of sp³-hybridized carbons (Fsp3) is 0.182. The molecular formula is C11H11ClN2O4. The van der Waals surface area contributed by atoms with Crippen LogP contribution in [0, 0.1) is 0 Å². The normalized spacial score (nSPS) is 11.3. The number of carboxylic acid groups (broad SMARTS) is 2. The van der Waals surface area contributed by atoms with Gasteiger partial charge in [-0.2, -0.15) is 0 Å². The molecule has 0 saturated carbocycles. The summed E-state index contributed by atoms with van der Waals surface area (Å²) in [7, 11) is 0. The first kappa shape index (κ1) is 14.0. The van der Waals surface area contributed by atoms with Crippen LogP contribution in [0.25, 0.3) is 0 Å². The van der Waals surface area contributed by atoms with E-state index in [1.54, 1.807) is 0 Å². The zero-order valence-electron chi connectivity index (χ0n) is 9.26. The van der Waals surface area contributed by atoms with Crippen molar-refractivity contribution in [2.75, 3.05) is 5.88 Å². The molecule has 1 rings (SSSR count). The number of benzene rings is 1. The molecule has 0 aliphatic heterocycles. The van der Waals surface area contributed by atoms with Gasteiger partial charge in [0.15, 0.2) is 0 Å². The molecule has 18 heavy (non-hydrogen) atoms. The molecule has 0 radical (unpaired) electrons. The number of hydrogen-bond donors (Lipinski definition) is 3. The first-order valence-electron chi connectivity index (χ1n) is 4.91. The number of nitrogens with two attached hydrogens (primary N) is 1. The van der Waals surface area contributed by atoms with E-state index in [-0.39, 0.29) is 29.3 Å². The Morgan fingerprint density at radius 2 is 2.00 bits per heavy atom. The van der Waals surface area contributed by atoms with Gasteiger partial charge in [-0.15, -0.1) is 11.6 Å². The van der Waals surface area contributed by atoms with Gasteiger partial charge in [0.25, 0.3) is 0 Å². The first-order valence-corrected chi connectivity index (χ1v) is 5.44. The molecular weight excluding hydrogens is 260 g/mol. The van der Waals surface area contributed by atoms with E-state index in [1.807, 2.05) is 0 Å². The molecule has 0 heterocycles. The second kappa shape index (κ2) is 6.02. The maximum atomic E-state index is 11.0. The summed E-state index contributed by atoms with van der Waals surface area (Å²) in [5.74, 6) is -2.14. The number of halogens is 1. The summed E-state index contributed by atoms with van der Waals surface area (Å²) >= 11 is 5.45. The van der Waals surface area contributed by atoms with Gasteiger partial charge in [-0.05, 0) is 17.7 Å². The molecule has 4 N–H and O–H groups in total. The summed E-state index contributed by atoms with van der Waals surface area (Å²) in [6.07, 6.45) is -0.364. The van der Waals surface area contributed by atoms with Crippen LogP contribution in [0.2, 0.25) is 0 Å².